The molecule has 0 saturated carbocycles. The number of unbranched alkanes of at least 4 members (excludes halogenated alkanes) is 30. The second-order valence-electron chi connectivity index (χ2n) is 13.4. The number of carbonyl (C=O) groups excluding carboxylic acids is 1. The molecule has 0 unspecified atom stereocenters. The van der Waals surface area contributed by atoms with Crippen molar-refractivity contribution in [2.24, 2.45) is 0 Å². The van der Waals surface area contributed by atoms with Gasteiger partial charge in [0.1, 0.15) is 0 Å². The molecule has 0 saturated heterocycles. The molecule has 0 aromatic rings. The Labute approximate surface area is 277 Å². The van der Waals surface area contributed by atoms with E-state index in [9.17, 15) is 4.79 Å². The Morgan fingerprint density at radius 1 is 0.386 bits per heavy atom. The quantitative estimate of drug-likeness (QED) is 0.0304. The molecule has 0 aromatic carbocycles. The molecule has 2 heteroatoms. The number of hydrogen-bond acceptors (Lipinski definition) is 2. The smallest absolute Gasteiger partial charge is 0.330 e. The molecule has 44 heavy (non-hydrogen) atoms. The van der Waals surface area contributed by atoms with Crippen LogP contribution < -0.4 is 0 Å². The predicted octanol–water partition coefficient (Wildman–Crippen LogP) is 14.7. The largest absolute Gasteiger partial charge is 0.463 e. The van der Waals surface area contributed by atoms with Crippen LogP contribution >= 0.6 is 0 Å². The summed E-state index contributed by atoms with van der Waals surface area (Å²) in [5.41, 5.74) is 0. The summed E-state index contributed by atoms with van der Waals surface area (Å²) in [5, 5.41) is 0. The first kappa shape index (κ1) is 42.7. The first-order valence-corrected chi connectivity index (χ1v) is 20.0. The molecule has 0 heterocycles. The maximum absolute atomic E-state index is 11.8. The van der Waals surface area contributed by atoms with E-state index < -0.39 is 0 Å². The lowest BCUT2D eigenvalue weighted by Crippen LogP contribution is -2.02. The Morgan fingerprint density at radius 3 is 1.09 bits per heavy atom. The van der Waals surface area contributed by atoms with Gasteiger partial charge in [0.05, 0.1) is 6.61 Å². The van der Waals surface area contributed by atoms with E-state index in [0.717, 1.165) is 12.8 Å². The van der Waals surface area contributed by atoms with Gasteiger partial charge in [0, 0.05) is 6.08 Å². The number of allylic oxidation sites excluding steroid dienone is 5. The highest BCUT2D eigenvalue weighted by molar-refractivity contribution is 5.82. The third kappa shape index (κ3) is 38.7. The van der Waals surface area contributed by atoms with Gasteiger partial charge in [-0.05, 0) is 19.3 Å². The van der Waals surface area contributed by atoms with Gasteiger partial charge in [-0.15, -0.1) is 0 Å². The zero-order valence-electron chi connectivity index (χ0n) is 30.1. The number of carbonyl (C=O) groups is 1. The summed E-state index contributed by atoms with van der Waals surface area (Å²) in [7, 11) is 0. The standard InChI is InChI=1S/C42H78O2/c1-3-5-7-9-11-13-15-17-19-21-22-23-25-27-29-31-33-35-37-39-41-44-42(43)40-38-36-34-32-30-28-26-24-20-18-16-14-12-10-8-6-4-2/h30,32,34,36,38,40H,3-29,31,33,35,37,39,41H2,1-2H3. The van der Waals surface area contributed by atoms with Gasteiger partial charge in [0.25, 0.3) is 0 Å². The lowest BCUT2D eigenvalue weighted by molar-refractivity contribution is -0.137. The summed E-state index contributed by atoms with van der Waals surface area (Å²) < 4.78 is 5.33. The van der Waals surface area contributed by atoms with Gasteiger partial charge in [0.15, 0.2) is 0 Å². The minimum Gasteiger partial charge on any atom is -0.463 e. The van der Waals surface area contributed by atoms with Crippen LogP contribution in [0.15, 0.2) is 36.5 Å². The SMILES string of the molecule is CCCCCCCCCCCCCC=CC=CC=CC(=O)OCCCCCCCCCCCCCCCCCCCCCC. The molecule has 0 radical (unpaired) electrons. The van der Waals surface area contributed by atoms with E-state index in [0.29, 0.717) is 6.61 Å². The topological polar surface area (TPSA) is 26.3 Å². The van der Waals surface area contributed by atoms with Crippen molar-refractivity contribution in [3.8, 4) is 0 Å². The maximum Gasteiger partial charge on any atom is 0.330 e. The lowest BCUT2D eigenvalue weighted by atomic mass is 10.0. The average Bonchev–Trinajstić information content (AvgIpc) is 3.03. The molecule has 0 aliphatic rings. The average molecular weight is 615 g/mol. The fraction of sp³-hybridized carbons (Fsp3) is 0.833. The van der Waals surface area contributed by atoms with Gasteiger partial charge in [-0.3, -0.25) is 0 Å². The number of esters is 1. The Balaban J connectivity index is 3.31. The summed E-state index contributed by atoms with van der Waals surface area (Å²) in [5.74, 6) is -0.225. The second-order valence-corrected chi connectivity index (χ2v) is 13.4. The number of hydrogen-bond donors (Lipinski definition) is 0. The van der Waals surface area contributed by atoms with E-state index in [1.165, 1.54) is 199 Å². The Morgan fingerprint density at radius 2 is 0.705 bits per heavy atom. The van der Waals surface area contributed by atoms with Crippen LogP contribution in [0.1, 0.15) is 219 Å². The number of rotatable bonds is 36. The van der Waals surface area contributed by atoms with E-state index in [1.54, 1.807) is 6.08 Å². The third-order valence-corrected chi connectivity index (χ3v) is 8.92. The summed E-state index contributed by atoms with van der Waals surface area (Å²) in [6, 6.07) is 0. The highest BCUT2D eigenvalue weighted by Crippen LogP contribution is 2.15. The van der Waals surface area contributed by atoms with Crippen LogP contribution in [-0.4, -0.2) is 12.6 Å². The molecule has 0 spiro atoms. The minimum absolute atomic E-state index is 0.225. The van der Waals surface area contributed by atoms with E-state index >= 15 is 0 Å². The van der Waals surface area contributed by atoms with Gasteiger partial charge < -0.3 is 4.74 Å². The minimum atomic E-state index is -0.225. The first-order valence-electron chi connectivity index (χ1n) is 20.0. The van der Waals surface area contributed by atoms with Crippen molar-refractivity contribution in [3.63, 3.8) is 0 Å². The molecule has 0 atom stereocenters. The fourth-order valence-electron chi connectivity index (χ4n) is 5.94. The molecule has 0 aromatic heterocycles. The molecule has 0 bridgehead atoms. The van der Waals surface area contributed by atoms with Gasteiger partial charge in [0.2, 0.25) is 0 Å². The lowest BCUT2D eigenvalue weighted by Gasteiger charge is -2.04. The second kappa shape index (κ2) is 39.7. The molecular weight excluding hydrogens is 536 g/mol. The highest BCUT2D eigenvalue weighted by atomic mass is 16.5. The van der Waals surface area contributed by atoms with Crippen LogP contribution in [-0.2, 0) is 9.53 Å². The summed E-state index contributed by atoms with van der Waals surface area (Å²) in [6.45, 7) is 5.12. The van der Waals surface area contributed by atoms with Gasteiger partial charge in [-0.2, -0.15) is 0 Å². The van der Waals surface area contributed by atoms with Crippen LogP contribution in [0.5, 0.6) is 0 Å². The molecule has 2 nitrogen and oxygen atoms in total. The zero-order chi connectivity index (χ0) is 31.9. The molecule has 0 amide bonds. The van der Waals surface area contributed by atoms with Crippen molar-refractivity contribution in [1.29, 1.82) is 0 Å². The Bertz CT molecular complexity index is 632. The van der Waals surface area contributed by atoms with Gasteiger partial charge >= 0.3 is 5.97 Å². The molecule has 258 valence electrons. The van der Waals surface area contributed by atoms with Crippen molar-refractivity contribution < 1.29 is 9.53 Å². The van der Waals surface area contributed by atoms with E-state index in [2.05, 4.69) is 26.0 Å². The molecule has 0 fully saturated rings. The highest BCUT2D eigenvalue weighted by Gasteiger charge is 1.98. The van der Waals surface area contributed by atoms with Crippen LogP contribution in [0.2, 0.25) is 0 Å². The monoisotopic (exact) mass is 615 g/mol. The van der Waals surface area contributed by atoms with Crippen molar-refractivity contribution in [3.05, 3.63) is 36.5 Å². The van der Waals surface area contributed by atoms with Crippen molar-refractivity contribution in [2.75, 3.05) is 6.61 Å². The Hall–Kier alpha value is -1.31. The summed E-state index contributed by atoms with van der Waals surface area (Å²) >= 11 is 0. The summed E-state index contributed by atoms with van der Waals surface area (Å²) in [6.07, 6.45) is 55.6. The van der Waals surface area contributed by atoms with Crippen molar-refractivity contribution >= 4 is 5.97 Å². The normalized spacial score (nSPS) is 12.0. The van der Waals surface area contributed by atoms with Gasteiger partial charge in [-0.1, -0.05) is 230 Å². The molecule has 0 rings (SSSR count). The first-order chi connectivity index (χ1) is 21.8. The maximum atomic E-state index is 11.8. The van der Waals surface area contributed by atoms with Gasteiger partial charge in [-0.25, -0.2) is 4.79 Å². The van der Waals surface area contributed by atoms with Crippen LogP contribution in [0.4, 0.5) is 0 Å². The zero-order valence-corrected chi connectivity index (χ0v) is 30.1. The van der Waals surface area contributed by atoms with Crippen LogP contribution in [0, 0.1) is 0 Å². The third-order valence-electron chi connectivity index (χ3n) is 8.92. The Kier molecular flexibility index (Phi) is 38.5. The fourth-order valence-corrected chi connectivity index (χ4v) is 5.94. The number of ether oxygens (including phenoxy) is 1. The van der Waals surface area contributed by atoms with Crippen LogP contribution in [0.3, 0.4) is 0 Å². The van der Waals surface area contributed by atoms with Crippen molar-refractivity contribution in [2.45, 2.75) is 219 Å². The summed E-state index contributed by atoms with van der Waals surface area (Å²) in [4.78, 5) is 11.8. The molecule has 0 N–H and O–H groups in total. The molecule has 0 aliphatic carbocycles. The predicted molar refractivity (Wildman–Crippen MR) is 197 cm³/mol. The van der Waals surface area contributed by atoms with E-state index in [1.807, 2.05) is 12.2 Å². The van der Waals surface area contributed by atoms with Crippen LogP contribution in [0.25, 0.3) is 0 Å². The molecular formula is C42H78O2. The van der Waals surface area contributed by atoms with E-state index in [4.69, 9.17) is 4.74 Å². The van der Waals surface area contributed by atoms with E-state index in [-0.39, 0.29) is 5.97 Å². The molecule has 0 aliphatic heterocycles. The van der Waals surface area contributed by atoms with Crippen molar-refractivity contribution in [1.82, 2.24) is 0 Å².